The minimum absolute atomic E-state index is 0.473. The summed E-state index contributed by atoms with van der Waals surface area (Å²) in [6.45, 7) is 1.87. The molecule has 8 heteroatoms. The Bertz CT molecular complexity index is 299. The van der Waals surface area contributed by atoms with Crippen LogP contribution in [0.1, 0.15) is 13.3 Å². The number of hydrogen-bond donors (Lipinski definition) is 4. The van der Waals surface area contributed by atoms with Gasteiger partial charge in [0.25, 0.3) is 0 Å². The number of hydrogen-bond acceptors (Lipinski definition) is 4. The first-order valence-corrected chi connectivity index (χ1v) is 5.42. The van der Waals surface area contributed by atoms with Gasteiger partial charge in [0.05, 0.1) is 0 Å². The lowest BCUT2D eigenvalue weighted by atomic mass is 10.3. The summed E-state index contributed by atoms with van der Waals surface area (Å²) in [7, 11) is 3.45. The van der Waals surface area contributed by atoms with E-state index in [1.165, 1.54) is 0 Å². The van der Waals surface area contributed by atoms with E-state index in [-0.39, 0.29) is 0 Å². The van der Waals surface area contributed by atoms with E-state index in [1.54, 1.807) is 20.3 Å². The Hall–Kier alpha value is -1.28. The second-order valence-electron chi connectivity index (χ2n) is 2.74. The highest BCUT2D eigenvalue weighted by atomic mass is 32.1. The molecule has 16 heavy (non-hydrogen) atoms. The molecular weight excluding hydrogens is 244 g/mol. The molecule has 0 amide bonds. The first-order valence-electron chi connectivity index (χ1n) is 4.60. The van der Waals surface area contributed by atoms with Crippen LogP contribution < -0.4 is 21.5 Å². The fourth-order valence-corrected chi connectivity index (χ4v) is 0.684. The second-order valence-corrected chi connectivity index (χ2v) is 3.56. The first-order chi connectivity index (χ1) is 7.60. The third kappa shape index (κ3) is 8.06. The molecule has 0 aromatic heterocycles. The lowest BCUT2D eigenvalue weighted by Gasteiger charge is -2.02. The summed E-state index contributed by atoms with van der Waals surface area (Å²) in [5.41, 5.74) is 6.18. The van der Waals surface area contributed by atoms with Crippen molar-refractivity contribution < 1.29 is 0 Å². The van der Waals surface area contributed by atoms with Gasteiger partial charge >= 0.3 is 0 Å². The maximum absolute atomic E-state index is 4.86. The third-order valence-electron chi connectivity index (χ3n) is 1.45. The average Bonchev–Trinajstić information content (AvgIpc) is 2.31. The van der Waals surface area contributed by atoms with Crippen LogP contribution in [-0.4, -0.2) is 36.2 Å². The largest absolute Gasteiger partial charge is 0.364 e. The molecule has 0 aromatic carbocycles. The van der Waals surface area contributed by atoms with Gasteiger partial charge in [0, 0.05) is 32.4 Å². The summed E-state index contributed by atoms with van der Waals surface area (Å²) in [5, 5.41) is 14.4. The molecule has 6 nitrogen and oxygen atoms in total. The molecule has 0 spiro atoms. The average molecular weight is 260 g/mol. The van der Waals surface area contributed by atoms with Gasteiger partial charge in [-0.3, -0.25) is 10.9 Å². The summed E-state index contributed by atoms with van der Waals surface area (Å²) in [6, 6.07) is 0. The van der Waals surface area contributed by atoms with E-state index in [9.17, 15) is 0 Å². The number of hydrazone groups is 2. The third-order valence-corrected chi connectivity index (χ3v) is 2.04. The van der Waals surface area contributed by atoms with Crippen molar-refractivity contribution >= 4 is 46.6 Å². The molecule has 0 atom stereocenters. The standard InChI is InChI=1S/C8H16N6S2/c1-6(12-14-8(16)10-3)4-5-11-13-7(15)9-2/h5H,4H2,1-3H3,(H2,9,13,15)(H2,10,14,16). The fourth-order valence-electron chi connectivity index (χ4n) is 0.586. The molecule has 0 saturated heterocycles. The minimum atomic E-state index is 0.473. The molecule has 0 bridgehead atoms. The summed E-state index contributed by atoms with van der Waals surface area (Å²) in [5.74, 6) is 0. The highest BCUT2D eigenvalue weighted by Gasteiger charge is 1.90. The first kappa shape index (κ1) is 14.7. The number of nitrogens with zero attached hydrogens (tertiary/aromatic N) is 2. The van der Waals surface area contributed by atoms with E-state index in [0.29, 0.717) is 16.6 Å². The Morgan fingerprint density at radius 2 is 1.69 bits per heavy atom. The fraction of sp³-hybridized carbons (Fsp3) is 0.500. The Morgan fingerprint density at radius 1 is 1.12 bits per heavy atom. The SMILES string of the molecule is CNC(=S)NN=CCC(C)=NNC(=S)NC. The zero-order chi connectivity index (χ0) is 12.4. The number of thiocarbonyl (C=S) groups is 2. The summed E-state index contributed by atoms with van der Waals surface area (Å²) in [4.78, 5) is 0. The molecule has 4 N–H and O–H groups in total. The van der Waals surface area contributed by atoms with Gasteiger partial charge in [-0.1, -0.05) is 0 Å². The molecule has 0 rings (SSSR count). The van der Waals surface area contributed by atoms with Gasteiger partial charge in [0.15, 0.2) is 10.2 Å². The van der Waals surface area contributed by atoms with E-state index < -0.39 is 0 Å². The molecule has 0 aliphatic heterocycles. The summed E-state index contributed by atoms with van der Waals surface area (Å²) in [6.07, 6.45) is 2.28. The Labute approximate surface area is 106 Å². The van der Waals surface area contributed by atoms with Gasteiger partial charge in [-0.25, -0.2) is 0 Å². The molecule has 0 aliphatic carbocycles. The molecule has 0 fully saturated rings. The monoisotopic (exact) mass is 260 g/mol. The van der Waals surface area contributed by atoms with Gasteiger partial charge in [-0.2, -0.15) is 10.2 Å². The van der Waals surface area contributed by atoms with E-state index >= 15 is 0 Å². The van der Waals surface area contributed by atoms with Crippen molar-refractivity contribution in [1.29, 1.82) is 0 Å². The van der Waals surface area contributed by atoms with Crippen LogP contribution in [0.2, 0.25) is 0 Å². The van der Waals surface area contributed by atoms with Crippen molar-refractivity contribution in [2.45, 2.75) is 13.3 Å². The smallest absolute Gasteiger partial charge is 0.186 e. The van der Waals surface area contributed by atoms with Gasteiger partial charge in [0.1, 0.15) is 0 Å². The molecule has 0 saturated carbocycles. The zero-order valence-electron chi connectivity index (χ0n) is 9.50. The molecule has 0 heterocycles. The highest BCUT2D eigenvalue weighted by molar-refractivity contribution is 7.80. The normalized spacial score (nSPS) is 11.1. The van der Waals surface area contributed by atoms with Gasteiger partial charge in [-0.05, 0) is 31.4 Å². The van der Waals surface area contributed by atoms with Crippen LogP contribution in [-0.2, 0) is 0 Å². The van der Waals surface area contributed by atoms with E-state index in [2.05, 4.69) is 31.7 Å². The van der Waals surface area contributed by atoms with Crippen LogP contribution in [0.3, 0.4) is 0 Å². The summed E-state index contributed by atoms with van der Waals surface area (Å²) >= 11 is 9.69. The van der Waals surface area contributed by atoms with E-state index in [4.69, 9.17) is 24.4 Å². The molecule has 0 aromatic rings. The van der Waals surface area contributed by atoms with Crippen LogP contribution in [0.5, 0.6) is 0 Å². The van der Waals surface area contributed by atoms with Crippen LogP contribution in [0.15, 0.2) is 10.2 Å². The quantitative estimate of drug-likeness (QED) is 0.322. The molecule has 0 aliphatic rings. The van der Waals surface area contributed by atoms with Gasteiger partial charge in [0.2, 0.25) is 0 Å². The van der Waals surface area contributed by atoms with Crippen LogP contribution >= 0.6 is 24.4 Å². The summed E-state index contributed by atoms with van der Waals surface area (Å²) < 4.78 is 0. The van der Waals surface area contributed by atoms with Crippen molar-refractivity contribution in [3.8, 4) is 0 Å². The molecule has 90 valence electrons. The predicted octanol–water partition coefficient (Wildman–Crippen LogP) is -0.0740. The van der Waals surface area contributed by atoms with E-state index in [1.807, 2.05) is 6.92 Å². The van der Waals surface area contributed by atoms with Crippen LogP contribution in [0.4, 0.5) is 0 Å². The second kappa shape index (κ2) is 8.98. The van der Waals surface area contributed by atoms with Gasteiger partial charge < -0.3 is 10.6 Å². The lowest BCUT2D eigenvalue weighted by Crippen LogP contribution is -2.29. The van der Waals surface area contributed by atoms with Crippen molar-refractivity contribution in [1.82, 2.24) is 21.5 Å². The number of rotatable bonds is 4. The Balaban J connectivity index is 3.83. The van der Waals surface area contributed by atoms with Crippen molar-refractivity contribution in [3.05, 3.63) is 0 Å². The maximum atomic E-state index is 4.86. The van der Waals surface area contributed by atoms with Crippen LogP contribution in [0, 0.1) is 0 Å². The minimum Gasteiger partial charge on any atom is -0.364 e. The molecular formula is C8H16N6S2. The van der Waals surface area contributed by atoms with Crippen LogP contribution in [0.25, 0.3) is 0 Å². The topological polar surface area (TPSA) is 72.8 Å². The van der Waals surface area contributed by atoms with Crippen molar-refractivity contribution in [2.24, 2.45) is 10.2 Å². The van der Waals surface area contributed by atoms with Crippen molar-refractivity contribution in [2.75, 3.05) is 14.1 Å². The Morgan fingerprint density at radius 3 is 2.25 bits per heavy atom. The van der Waals surface area contributed by atoms with Gasteiger partial charge in [-0.15, -0.1) is 0 Å². The number of nitrogens with one attached hydrogen (secondary N) is 4. The maximum Gasteiger partial charge on any atom is 0.186 e. The van der Waals surface area contributed by atoms with E-state index in [0.717, 1.165) is 5.71 Å². The zero-order valence-corrected chi connectivity index (χ0v) is 11.1. The predicted molar refractivity (Wildman–Crippen MR) is 75.8 cm³/mol. The molecule has 0 radical (unpaired) electrons. The lowest BCUT2D eigenvalue weighted by molar-refractivity contribution is 0.964. The highest BCUT2D eigenvalue weighted by Crippen LogP contribution is 1.81. The molecule has 0 unspecified atom stereocenters. The van der Waals surface area contributed by atoms with Crippen molar-refractivity contribution in [3.63, 3.8) is 0 Å². The Kier molecular flexibility index (Phi) is 8.26.